The normalized spacial score (nSPS) is 15.9. The highest BCUT2D eigenvalue weighted by Crippen LogP contribution is 2.30. The van der Waals surface area contributed by atoms with Crippen LogP contribution >= 0.6 is 0 Å². The van der Waals surface area contributed by atoms with Crippen molar-refractivity contribution < 1.29 is 14.4 Å². The Morgan fingerprint density at radius 3 is 2.37 bits per heavy atom. The van der Waals surface area contributed by atoms with E-state index in [-0.39, 0.29) is 24.1 Å². The summed E-state index contributed by atoms with van der Waals surface area (Å²) in [4.78, 5) is 41.2. The van der Waals surface area contributed by atoms with Crippen LogP contribution in [0.15, 0.2) is 42.5 Å². The minimum Gasteiger partial charge on any atom is -0.339 e. The van der Waals surface area contributed by atoms with Crippen molar-refractivity contribution >= 4 is 29.1 Å². The molecule has 1 N–H and O–H groups in total. The maximum absolute atomic E-state index is 12.7. The van der Waals surface area contributed by atoms with Gasteiger partial charge in [-0.05, 0) is 69.2 Å². The predicted octanol–water partition coefficient (Wildman–Crippen LogP) is 3.78. The van der Waals surface area contributed by atoms with Crippen LogP contribution in [0.2, 0.25) is 0 Å². The summed E-state index contributed by atoms with van der Waals surface area (Å²) >= 11 is 0. The summed E-state index contributed by atoms with van der Waals surface area (Å²) in [5.74, 6) is -0.652. The van der Waals surface area contributed by atoms with E-state index in [0.29, 0.717) is 30.9 Å². The summed E-state index contributed by atoms with van der Waals surface area (Å²) < 4.78 is 0. The highest BCUT2D eigenvalue weighted by molar-refractivity contribution is 6.04. The number of anilines is 2. The van der Waals surface area contributed by atoms with Gasteiger partial charge in [0.1, 0.15) is 0 Å². The quantitative estimate of drug-likeness (QED) is 0.792. The van der Waals surface area contributed by atoms with Crippen molar-refractivity contribution in [2.75, 3.05) is 29.9 Å². The fraction of sp³-hybridized carbons (Fsp3) is 0.375. The third-order valence-corrected chi connectivity index (χ3v) is 5.81. The van der Waals surface area contributed by atoms with Gasteiger partial charge in [0.15, 0.2) is 0 Å². The van der Waals surface area contributed by atoms with E-state index in [1.54, 1.807) is 34.1 Å². The molecule has 1 saturated heterocycles. The lowest BCUT2D eigenvalue weighted by Crippen LogP contribution is -2.30. The average Bonchev–Trinajstić information content (AvgIpc) is 3.13. The highest BCUT2D eigenvalue weighted by atomic mass is 16.2. The molecule has 158 valence electrons. The minimum atomic E-state index is -0.408. The molecule has 6 heteroatoms. The Labute approximate surface area is 177 Å². The van der Waals surface area contributed by atoms with Gasteiger partial charge in [-0.1, -0.05) is 12.1 Å². The first-order valence-corrected chi connectivity index (χ1v) is 10.4. The fourth-order valence-electron chi connectivity index (χ4n) is 3.78. The van der Waals surface area contributed by atoms with Gasteiger partial charge >= 0.3 is 0 Å². The van der Waals surface area contributed by atoms with Crippen molar-refractivity contribution in [3.05, 3.63) is 59.2 Å². The van der Waals surface area contributed by atoms with Crippen LogP contribution in [0.25, 0.3) is 0 Å². The van der Waals surface area contributed by atoms with Gasteiger partial charge in [-0.3, -0.25) is 14.4 Å². The smallest absolute Gasteiger partial charge is 0.253 e. The van der Waals surface area contributed by atoms with E-state index in [0.717, 1.165) is 16.8 Å². The number of hydrogen-bond donors (Lipinski definition) is 1. The van der Waals surface area contributed by atoms with Crippen LogP contribution in [0.1, 0.15) is 41.8 Å². The average molecular weight is 408 g/mol. The van der Waals surface area contributed by atoms with Crippen molar-refractivity contribution in [3.8, 4) is 0 Å². The van der Waals surface area contributed by atoms with E-state index in [4.69, 9.17) is 0 Å². The third-order valence-electron chi connectivity index (χ3n) is 5.81. The van der Waals surface area contributed by atoms with Crippen molar-refractivity contribution in [2.24, 2.45) is 5.92 Å². The molecule has 0 unspecified atom stereocenters. The van der Waals surface area contributed by atoms with Gasteiger partial charge in [-0.15, -0.1) is 0 Å². The van der Waals surface area contributed by atoms with Crippen LogP contribution in [0.5, 0.6) is 0 Å². The largest absolute Gasteiger partial charge is 0.339 e. The molecule has 30 heavy (non-hydrogen) atoms. The molecule has 0 aliphatic carbocycles. The number of benzene rings is 2. The first kappa shape index (κ1) is 21.6. The number of rotatable bonds is 6. The first-order chi connectivity index (χ1) is 14.3. The summed E-state index contributed by atoms with van der Waals surface area (Å²) in [5, 5.41) is 2.88. The third kappa shape index (κ3) is 4.37. The molecule has 1 aliphatic heterocycles. The molecule has 0 radical (unpaired) electrons. The Hall–Kier alpha value is -3.15. The second kappa shape index (κ2) is 9.11. The summed E-state index contributed by atoms with van der Waals surface area (Å²) in [6.45, 7) is 9.57. The maximum atomic E-state index is 12.7. The Bertz CT molecular complexity index is 949. The van der Waals surface area contributed by atoms with Gasteiger partial charge < -0.3 is 15.1 Å². The molecule has 1 aliphatic rings. The molecule has 3 rings (SSSR count). The predicted molar refractivity (Wildman–Crippen MR) is 119 cm³/mol. The molecule has 0 aromatic heterocycles. The van der Waals surface area contributed by atoms with Crippen LogP contribution in [0.4, 0.5) is 11.4 Å². The highest BCUT2D eigenvalue weighted by Gasteiger charge is 2.35. The topological polar surface area (TPSA) is 69.7 Å². The first-order valence-electron chi connectivity index (χ1n) is 10.4. The Morgan fingerprint density at radius 2 is 1.73 bits per heavy atom. The van der Waals surface area contributed by atoms with Crippen LogP contribution in [0.3, 0.4) is 0 Å². The monoisotopic (exact) mass is 407 g/mol. The zero-order chi connectivity index (χ0) is 21.8. The number of nitrogens with one attached hydrogen (secondary N) is 1. The molecule has 0 spiro atoms. The number of hydrogen-bond acceptors (Lipinski definition) is 3. The zero-order valence-electron chi connectivity index (χ0n) is 18.1. The van der Waals surface area contributed by atoms with E-state index in [9.17, 15) is 14.4 Å². The van der Waals surface area contributed by atoms with Crippen LogP contribution < -0.4 is 10.2 Å². The molecular formula is C24H29N3O3. The molecule has 2 aromatic rings. The van der Waals surface area contributed by atoms with Crippen LogP contribution in [-0.4, -0.2) is 42.3 Å². The molecule has 0 saturated carbocycles. The van der Waals surface area contributed by atoms with E-state index in [2.05, 4.69) is 5.32 Å². The van der Waals surface area contributed by atoms with E-state index < -0.39 is 5.92 Å². The lowest BCUT2D eigenvalue weighted by Gasteiger charge is -2.20. The molecular weight excluding hydrogens is 378 g/mol. The molecule has 1 atom stereocenters. The van der Waals surface area contributed by atoms with Crippen molar-refractivity contribution in [1.29, 1.82) is 0 Å². The standard InChI is InChI=1S/C24H29N3O3/c1-5-26(6-2)24(30)18-10-12-20(13-11-18)25-23(29)19-14-22(28)27(15-19)21-9-7-8-16(3)17(21)4/h7-13,19H,5-6,14-15H2,1-4H3,(H,25,29)/t19-/m0/s1. The van der Waals surface area contributed by atoms with Crippen molar-refractivity contribution in [2.45, 2.75) is 34.1 Å². The zero-order valence-corrected chi connectivity index (χ0v) is 18.1. The van der Waals surface area contributed by atoms with Gasteiger partial charge in [-0.2, -0.15) is 0 Å². The number of amides is 3. The SMILES string of the molecule is CCN(CC)C(=O)c1ccc(NC(=O)[C@H]2CC(=O)N(c3cccc(C)c3C)C2)cc1. The molecule has 1 fully saturated rings. The molecule has 1 heterocycles. The minimum absolute atomic E-state index is 0.0246. The van der Waals surface area contributed by atoms with Crippen LogP contribution in [0, 0.1) is 19.8 Å². The Morgan fingerprint density at radius 1 is 1.07 bits per heavy atom. The summed E-state index contributed by atoms with van der Waals surface area (Å²) in [6.07, 6.45) is 0.192. The number of aryl methyl sites for hydroxylation is 1. The Kier molecular flexibility index (Phi) is 6.55. The summed E-state index contributed by atoms with van der Waals surface area (Å²) in [5.41, 5.74) is 4.25. The maximum Gasteiger partial charge on any atom is 0.253 e. The molecule has 3 amide bonds. The lowest BCUT2D eigenvalue weighted by molar-refractivity contribution is -0.122. The molecule has 2 aromatic carbocycles. The van der Waals surface area contributed by atoms with Gasteiger partial charge in [0.05, 0.1) is 5.92 Å². The number of nitrogens with zero attached hydrogens (tertiary/aromatic N) is 2. The van der Waals surface area contributed by atoms with Gasteiger partial charge in [0, 0.05) is 43.0 Å². The van der Waals surface area contributed by atoms with Gasteiger partial charge in [0.2, 0.25) is 11.8 Å². The summed E-state index contributed by atoms with van der Waals surface area (Å²) in [7, 11) is 0. The lowest BCUT2D eigenvalue weighted by atomic mass is 10.1. The van der Waals surface area contributed by atoms with Crippen LogP contribution in [-0.2, 0) is 9.59 Å². The van der Waals surface area contributed by atoms with E-state index >= 15 is 0 Å². The van der Waals surface area contributed by atoms with Gasteiger partial charge in [-0.25, -0.2) is 0 Å². The molecule has 0 bridgehead atoms. The second-order valence-corrected chi connectivity index (χ2v) is 7.67. The summed E-state index contributed by atoms with van der Waals surface area (Å²) in [6, 6.07) is 12.8. The molecule has 6 nitrogen and oxygen atoms in total. The van der Waals surface area contributed by atoms with Crippen molar-refractivity contribution in [1.82, 2.24) is 4.90 Å². The van der Waals surface area contributed by atoms with E-state index in [1.165, 1.54) is 0 Å². The van der Waals surface area contributed by atoms with Crippen molar-refractivity contribution in [3.63, 3.8) is 0 Å². The van der Waals surface area contributed by atoms with Gasteiger partial charge in [0.25, 0.3) is 5.91 Å². The Balaban J connectivity index is 1.66. The number of carbonyl (C=O) groups excluding carboxylic acids is 3. The fourth-order valence-corrected chi connectivity index (χ4v) is 3.78. The van der Waals surface area contributed by atoms with E-state index in [1.807, 2.05) is 45.9 Å². The number of carbonyl (C=O) groups is 3. The second-order valence-electron chi connectivity index (χ2n) is 7.67.